The van der Waals surface area contributed by atoms with Crippen molar-refractivity contribution >= 4 is 11.9 Å². The van der Waals surface area contributed by atoms with Gasteiger partial charge in [0.05, 0.1) is 19.7 Å². The first-order chi connectivity index (χ1) is 12.1. The third kappa shape index (κ3) is 5.96. The molecule has 0 radical (unpaired) electrons. The summed E-state index contributed by atoms with van der Waals surface area (Å²) in [6.45, 7) is 9.93. The Morgan fingerprint density at radius 3 is 2.68 bits per heavy atom. The number of carbonyl (C=O) groups is 1. The molecule has 1 aliphatic rings. The normalized spacial score (nSPS) is 14.5. The van der Waals surface area contributed by atoms with Crippen molar-refractivity contribution in [1.82, 2.24) is 15.5 Å². The fourth-order valence-electron chi connectivity index (χ4n) is 2.83. The Bertz CT molecular complexity index is 595. The van der Waals surface area contributed by atoms with Gasteiger partial charge in [-0.3, -0.25) is 4.79 Å². The van der Waals surface area contributed by atoms with Gasteiger partial charge in [0.15, 0.2) is 5.96 Å². The van der Waals surface area contributed by atoms with E-state index < -0.39 is 0 Å². The zero-order chi connectivity index (χ0) is 18.1. The van der Waals surface area contributed by atoms with Crippen molar-refractivity contribution in [2.24, 2.45) is 4.99 Å². The van der Waals surface area contributed by atoms with Crippen molar-refractivity contribution in [3.05, 3.63) is 29.3 Å². The fraction of sp³-hybridized carbons (Fsp3) is 0.579. The third-order valence-electron chi connectivity index (χ3n) is 4.14. The van der Waals surface area contributed by atoms with E-state index in [2.05, 4.69) is 21.7 Å². The van der Waals surface area contributed by atoms with E-state index >= 15 is 0 Å². The first kappa shape index (κ1) is 19.1. The van der Waals surface area contributed by atoms with E-state index in [1.807, 2.05) is 37.8 Å². The molecule has 1 fully saturated rings. The van der Waals surface area contributed by atoms with Crippen LogP contribution in [0.4, 0.5) is 0 Å². The van der Waals surface area contributed by atoms with Crippen LogP contribution in [0.1, 0.15) is 37.8 Å². The second-order valence-corrected chi connectivity index (χ2v) is 6.18. The average molecular weight is 346 g/mol. The van der Waals surface area contributed by atoms with Crippen molar-refractivity contribution in [3.8, 4) is 5.75 Å². The van der Waals surface area contributed by atoms with Gasteiger partial charge in [-0.1, -0.05) is 12.1 Å². The molecule has 2 N–H and O–H groups in total. The minimum Gasteiger partial charge on any atom is -0.494 e. The lowest BCUT2D eigenvalue weighted by Gasteiger charge is -2.17. The van der Waals surface area contributed by atoms with Crippen molar-refractivity contribution in [2.75, 3.05) is 32.8 Å². The van der Waals surface area contributed by atoms with Gasteiger partial charge in [0.1, 0.15) is 5.75 Å². The number of ether oxygens (including phenoxy) is 1. The molecule has 0 atom stereocenters. The summed E-state index contributed by atoms with van der Waals surface area (Å²) in [7, 11) is 0. The number of benzene rings is 1. The molecule has 0 aliphatic carbocycles. The van der Waals surface area contributed by atoms with Crippen LogP contribution in [0, 0.1) is 6.92 Å². The maximum atomic E-state index is 12.2. The minimum atomic E-state index is 0.133. The standard InChI is InChI=1S/C19H30N4O2/c1-4-20-19(22-14-18(24)23-10-6-7-11-23)21-13-16-9-8-15(3)12-17(16)25-5-2/h8-9,12H,4-7,10-11,13-14H2,1-3H3,(H2,20,21,22). The molecule has 0 bridgehead atoms. The Balaban J connectivity index is 1.97. The summed E-state index contributed by atoms with van der Waals surface area (Å²) < 4.78 is 5.70. The van der Waals surface area contributed by atoms with Gasteiger partial charge in [0.2, 0.25) is 5.91 Å². The highest BCUT2D eigenvalue weighted by molar-refractivity contribution is 5.86. The number of amides is 1. The quantitative estimate of drug-likeness (QED) is 0.586. The van der Waals surface area contributed by atoms with Crippen molar-refractivity contribution < 1.29 is 9.53 Å². The average Bonchev–Trinajstić information content (AvgIpc) is 3.13. The number of nitrogens with one attached hydrogen (secondary N) is 2. The molecule has 6 nitrogen and oxygen atoms in total. The topological polar surface area (TPSA) is 66.0 Å². The molecule has 2 rings (SSSR count). The lowest BCUT2D eigenvalue weighted by molar-refractivity contribution is -0.128. The highest BCUT2D eigenvalue weighted by Gasteiger charge is 2.17. The summed E-state index contributed by atoms with van der Waals surface area (Å²) >= 11 is 0. The number of carbonyl (C=O) groups excluding carboxylic acids is 1. The lowest BCUT2D eigenvalue weighted by atomic mass is 10.1. The molecule has 0 unspecified atom stereocenters. The molecule has 1 heterocycles. The minimum absolute atomic E-state index is 0.133. The summed E-state index contributed by atoms with van der Waals surface area (Å²) in [5.41, 5.74) is 2.20. The van der Waals surface area contributed by atoms with E-state index in [0.29, 0.717) is 19.1 Å². The number of guanidine groups is 1. The van der Waals surface area contributed by atoms with Crippen LogP contribution in [0.2, 0.25) is 0 Å². The molecular weight excluding hydrogens is 316 g/mol. The molecule has 1 aromatic carbocycles. The Hall–Kier alpha value is -2.24. The number of aryl methyl sites for hydroxylation is 1. The first-order valence-corrected chi connectivity index (χ1v) is 9.16. The summed E-state index contributed by atoms with van der Waals surface area (Å²) in [6.07, 6.45) is 2.21. The molecule has 1 aromatic rings. The summed E-state index contributed by atoms with van der Waals surface area (Å²) in [5.74, 6) is 1.65. The van der Waals surface area contributed by atoms with E-state index in [4.69, 9.17) is 4.74 Å². The van der Waals surface area contributed by atoms with Crippen LogP contribution in [0.15, 0.2) is 23.2 Å². The summed E-state index contributed by atoms with van der Waals surface area (Å²) in [5, 5.41) is 6.33. The zero-order valence-corrected chi connectivity index (χ0v) is 15.6. The van der Waals surface area contributed by atoms with Gasteiger partial charge in [-0.2, -0.15) is 0 Å². The first-order valence-electron chi connectivity index (χ1n) is 9.16. The molecule has 1 saturated heterocycles. The Morgan fingerprint density at radius 2 is 2.00 bits per heavy atom. The van der Waals surface area contributed by atoms with E-state index in [0.717, 1.165) is 49.4 Å². The van der Waals surface area contributed by atoms with Gasteiger partial charge in [-0.05, 0) is 45.2 Å². The lowest BCUT2D eigenvalue weighted by Crippen LogP contribution is -2.44. The van der Waals surface area contributed by atoms with E-state index in [-0.39, 0.29) is 12.5 Å². The van der Waals surface area contributed by atoms with Crippen LogP contribution in [-0.2, 0) is 11.3 Å². The predicted octanol–water partition coefficient (Wildman–Crippen LogP) is 2.07. The van der Waals surface area contributed by atoms with E-state index in [9.17, 15) is 4.79 Å². The molecule has 6 heteroatoms. The number of nitrogens with zero attached hydrogens (tertiary/aromatic N) is 2. The number of likely N-dealkylation sites (tertiary alicyclic amines) is 1. The highest BCUT2D eigenvalue weighted by Crippen LogP contribution is 2.21. The summed E-state index contributed by atoms with van der Waals surface area (Å²) in [6, 6.07) is 6.14. The van der Waals surface area contributed by atoms with Crippen LogP contribution in [0.25, 0.3) is 0 Å². The van der Waals surface area contributed by atoms with E-state index in [1.54, 1.807) is 0 Å². The predicted molar refractivity (Wildman–Crippen MR) is 101 cm³/mol. The maximum absolute atomic E-state index is 12.2. The molecule has 0 spiro atoms. The largest absolute Gasteiger partial charge is 0.494 e. The van der Waals surface area contributed by atoms with Gasteiger partial charge in [0, 0.05) is 25.2 Å². The van der Waals surface area contributed by atoms with Gasteiger partial charge in [-0.15, -0.1) is 0 Å². The Morgan fingerprint density at radius 1 is 1.24 bits per heavy atom. The number of hydrogen-bond donors (Lipinski definition) is 2. The number of rotatable bonds is 7. The second-order valence-electron chi connectivity index (χ2n) is 6.18. The fourth-order valence-corrected chi connectivity index (χ4v) is 2.83. The smallest absolute Gasteiger partial charge is 0.241 e. The van der Waals surface area contributed by atoms with Gasteiger partial charge in [0.25, 0.3) is 0 Å². The SMILES string of the molecule is CCNC(=NCc1ccc(C)cc1OCC)NCC(=O)N1CCCC1. The monoisotopic (exact) mass is 346 g/mol. The van der Waals surface area contributed by atoms with Gasteiger partial charge >= 0.3 is 0 Å². The molecule has 25 heavy (non-hydrogen) atoms. The van der Waals surface area contributed by atoms with Gasteiger partial charge < -0.3 is 20.3 Å². The Kier molecular flexibility index (Phi) is 7.57. The van der Waals surface area contributed by atoms with Crippen molar-refractivity contribution in [1.29, 1.82) is 0 Å². The summed E-state index contributed by atoms with van der Waals surface area (Å²) in [4.78, 5) is 18.7. The number of aliphatic imine (C=N–C) groups is 1. The third-order valence-corrected chi connectivity index (χ3v) is 4.14. The van der Waals surface area contributed by atoms with Crippen LogP contribution in [0.5, 0.6) is 5.75 Å². The molecule has 0 aromatic heterocycles. The molecule has 138 valence electrons. The van der Waals surface area contributed by atoms with Crippen molar-refractivity contribution in [3.63, 3.8) is 0 Å². The highest BCUT2D eigenvalue weighted by atomic mass is 16.5. The van der Waals surface area contributed by atoms with Gasteiger partial charge in [-0.25, -0.2) is 4.99 Å². The molecular formula is C19H30N4O2. The molecule has 1 amide bonds. The van der Waals surface area contributed by atoms with Crippen LogP contribution < -0.4 is 15.4 Å². The van der Waals surface area contributed by atoms with Crippen LogP contribution >= 0.6 is 0 Å². The molecule has 0 saturated carbocycles. The second kappa shape index (κ2) is 9.91. The van der Waals surface area contributed by atoms with Crippen LogP contribution in [0.3, 0.4) is 0 Å². The zero-order valence-electron chi connectivity index (χ0n) is 15.6. The maximum Gasteiger partial charge on any atom is 0.241 e. The van der Waals surface area contributed by atoms with Crippen molar-refractivity contribution in [2.45, 2.75) is 40.2 Å². The Labute approximate surface area is 150 Å². The number of hydrogen-bond acceptors (Lipinski definition) is 3. The van der Waals surface area contributed by atoms with Crippen LogP contribution in [-0.4, -0.2) is 49.6 Å². The van der Waals surface area contributed by atoms with E-state index in [1.165, 1.54) is 0 Å². The molecule has 1 aliphatic heterocycles.